The monoisotopic (exact) mass is 209 g/mol. The lowest BCUT2D eigenvalue weighted by Crippen LogP contribution is -2.08. The molecular formula is C10H8ClNO2. The normalized spacial score (nSPS) is 18.7. The number of hydrogen-bond donors (Lipinski definition) is 0. The Hall–Kier alpha value is -1.35. The minimum Gasteiger partial charge on any atom is -0.464 e. The fourth-order valence-corrected chi connectivity index (χ4v) is 1.37. The van der Waals surface area contributed by atoms with Crippen LogP contribution in [-0.4, -0.2) is 18.8 Å². The van der Waals surface area contributed by atoms with Crippen LogP contribution in [0.5, 0.6) is 0 Å². The van der Waals surface area contributed by atoms with Gasteiger partial charge in [0.15, 0.2) is 5.71 Å². The first kappa shape index (κ1) is 9.21. The van der Waals surface area contributed by atoms with E-state index in [0.717, 1.165) is 5.56 Å². The fraction of sp³-hybridized carbons (Fsp3) is 0.200. The molecule has 0 bridgehead atoms. The third kappa shape index (κ3) is 1.63. The van der Waals surface area contributed by atoms with E-state index in [9.17, 15) is 4.79 Å². The van der Waals surface area contributed by atoms with E-state index in [4.69, 9.17) is 11.6 Å². The molecule has 0 spiro atoms. The van der Waals surface area contributed by atoms with Crippen LogP contribution in [0, 0.1) is 0 Å². The van der Waals surface area contributed by atoms with Crippen LogP contribution in [-0.2, 0) is 9.53 Å². The van der Waals surface area contributed by atoms with Crippen molar-refractivity contribution in [3.63, 3.8) is 0 Å². The number of benzene rings is 1. The molecule has 0 amide bonds. The quantitative estimate of drug-likeness (QED) is 0.699. The van der Waals surface area contributed by atoms with Gasteiger partial charge in [-0.25, -0.2) is 4.79 Å². The number of methoxy groups -OCH3 is 1. The summed E-state index contributed by atoms with van der Waals surface area (Å²) in [6.07, 6.45) is 0. The lowest BCUT2D eigenvalue weighted by molar-refractivity contribution is -0.132. The Morgan fingerprint density at radius 2 is 2.07 bits per heavy atom. The summed E-state index contributed by atoms with van der Waals surface area (Å²) < 4.78 is 4.55. The van der Waals surface area contributed by atoms with E-state index in [1.54, 1.807) is 12.1 Å². The Kier molecular flexibility index (Phi) is 2.25. The molecule has 72 valence electrons. The minimum absolute atomic E-state index is 0.125. The predicted octanol–water partition coefficient (Wildman–Crippen LogP) is 2.01. The van der Waals surface area contributed by atoms with Crippen molar-refractivity contribution in [1.82, 2.24) is 0 Å². The van der Waals surface area contributed by atoms with Crippen LogP contribution in [0.15, 0.2) is 29.3 Å². The van der Waals surface area contributed by atoms with Crippen molar-refractivity contribution in [2.24, 2.45) is 4.99 Å². The SMILES string of the molecule is COC(=O)C1=NC1c1ccc(Cl)cc1. The molecule has 0 saturated heterocycles. The van der Waals surface area contributed by atoms with Crippen molar-refractivity contribution in [2.75, 3.05) is 7.11 Å². The Labute approximate surface area is 86.4 Å². The zero-order chi connectivity index (χ0) is 10.1. The van der Waals surface area contributed by atoms with Gasteiger partial charge in [-0.1, -0.05) is 23.7 Å². The molecule has 1 unspecified atom stereocenters. The molecule has 4 heteroatoms. The number of ether oxygens (including phenoxy) is 1. The number of carbonyl (C=O) groups excluding carboxylic acids is 1. The highest BCUT2D eigenvalue weighted by Crippen LogP contribution is 2.32. The molecule has 0 aromatic heterocycles. The summed E-state index contributed by atoms with van der Waals surface area (Å²) in [6.45, 7) is 0. The van der Waals surface area contributed by atoms with Gasteiger partial charge in [-0.2, -0.15) is 0 Å². The maximum atomic E-state index is 11.0. The van der Waals surface area contributed by atoms with Crippen LogP contribution >= 0.6 is 11.6 Å². The molecule has 1 aromatic rings. The third-order valence-corrected chi connectivity index (χ3v) is 2.29. The van der Waals surface area contributed by atoms with Gasteiger partial charge < -0.3 is 4.74 Å². The summed E-state index contributed by atoms with van der Waals surface area (Å²) in [6, 6.07) is 7.14. The summed E-state index contributed by atoms with van der Waals surface area (Å²) in [5, 5.41) is 0.675. The number of rotatable bonds is 2. The van der Waals surface area contributed by atoms with Gasteiger partial charge in [0.2, 0.25) is 0 Å². The number of esters is 1. The zero-order valence-corrected chi connectivity index (χ0v) is 8.28. The molecule has 3 nitrogen and oxygen atoms in total. The first-order chi connectivity index (χ1) is 6.72. The van der Waals surface area contributed by atoms with Crippen LogP contribution in [0.3, 0.4) is 0 Å². The summed E-state index contributed by atoms with van der Waals surface area (Å²) in [5.41, 5.74) is 1.45. The van der Waals surface area contributed by atoms with Crippen molar-refractivity contribution >= 4 is 23.3 Å². The molecule has 0 N–H and O–H groups in total. The van der Waals surface area contributed by atoms with Crippen LogP contribution < -0.4 is 0 Å². The molecule has 1 heterocycles. The minimum atomic E-state index is -0.357. The number of carbonyl (C=O) groups is 1. The van der Waals surface area contributed by atoms with Crippen molar-refractivity contribution in [2.45, 2.75) is 6.04 Å². The second kappa shape index (κ2) is 3.42. The Balaban J connectivity index is 2.08. The standard InChI is InChI=1S/C10H8ClNO2/c1-14-10(13)9-8(12-9)6-2-4-7(11)5-3-6/h2-5,8H,1H3. The predicted molar refractivity (Wildman–Crippen MR) is 53.6 cm³/mol. The average Bonchev–Trinajstić information content (AvgIpc) is 2.98. The number of halogens is 1. The molecule has 1 aromatic carbocycles. The van der Waals surface area contributed by atoms with Crippen molar-refractivity contribution in [1.29, 1.82) is 0 Å². The summed E-state index contributed by atoms with van der Waals surface area (Å²) in [7, 11) is 1.35. The second-order valence-corrected chi connectivity index (χ2v) is 3.40. The molecule has 1 aliphatic rings. The van der Waals surface area contributed by atoms with Gasteiger partial charge in [0.25, 0.3) is 0 Å². The van der Waals surface area contributed by atoms with Crippen molar-refractivity contribution in [3.8, 4) is 0 Å². The molecule has 0 saturated carbocycles. The Morgan fingerprint density at radius 3 is 2.64 bits per heavy atom. The van der Waals surface area contributed by atoms with Gasteiger partial charge in [0, 0.05) is 5.02 Å². The third-order valence-electron chi connectivity index (χ3n) is 2.04. The van der Waals surface area contributed by atoms with Gasteiger partial charge in [-0.15, -0.1) is 0 Å². The van der Waals surface area contributed by atoms with Crippen LogP contribution in [0.1, 0.15) is 11.6 Å². The topological polar surface area (TPSA) is 38.7 Å². The second-order valence-electron chi connectivity index (χ2n) is 2.96. The van der Waals surface area contributed by atoms with Gasteiger partial charge in [-0.05, 0) is 17.7 Å². The molecule has 1 aliphatic heterocycles. The van der Waals surface area contributed by atoms with E-state index in [-0.39, 0.29) is 12.0 Å². The van der Waals surface area contributed by atoms with E-state index in [2.05, 4.69) is 9.73 Å². The molecule has 1 atom stereocenters. The highest BCUT2D eigenvalue weighted by Gasteiger charge is 2.35. The molecule has 14 heavy (non-hydrogen) atoms. The van der Waals surface area contributed by atoms with Gasteiger partial charge >= 0.3 is 5.97 Å². The molecule has 0 aliphatic carbocycles. The first-order valence-electron chi connectivity index (χ1n) is 4.14. The molecule has 0 fully saturated rings. The fourth-order valence-electron chi connectivity index (χ4n) is 1.25. The van der Waals surface area contributed by atoms with Crippen molar-refractivity contribution in [3.05, 3.63) is 34.9 Å². The van der Waals surface area contributed by atoms with E-state index >= 15 is 0 Å². The number of hydrogen-bond acceptors (Lipinski definition) is 3. The molecular weight excluding hydrogens is 202 g/mol. The summed E-state index contributed by atoms with van der Waals surface area (Å²) in [4.78, 5) is 15.1. The van der Waals surface area contributed by atoms with Gasteiger partial charge in [-0.3, -0.25) is 4.99 Å². The maximum Gasteiger partial charge on any atom is 0.354 e. The van der Waals surface area contributed by atoms with Crippen LogP contribution in [0.25, 0.3) is 0 Å². The smallest absolute Gasteiger partial charge is 0.354 e. The average molecular weight is 210 g/mol. The Bertz CT molecular complexity index is 397. The van der Waals surface area contributed by atoms with E-state index in [1.807, 2.05) is 12.1 Å². The molecule has 0 radical (unpaired) electrons. The highest BCUT2D eigenvalue weighted by atomic mass is 35.5. The van der Waals surface area contributed by atoms with E-state index < -0.39 is 0 Å². The van der Waals surface area contributed by atoms with Crippen molar-refractivity contribution < 1.29 is 9.53 Å². The summed E-state index contributed by atoms with van der Waals surface area (Å²) in [5.74, 6) is -0.357. The molecule has 2 rings (SSSR count). The van der Waals surface area contributed by atoms with Crippen LogP contribution in [0.4, 0.5) is 0 Å². The van der Waals surface area contributed by atoms with E-state index in [1.165, 1.54) is 7.11 Å². The number of nitrogens with zero attached hydrogens (tertiary/aromatic N) is 1. The largest absolute Gasteiger partial charge is 0.464 e. The van der Waals surface area contributed by atoms with Gasteiger partial charge in [0.05, 0.1) is 7.11 Å². The highest BCUT2D eigenvalue weighted by molar-refractivity contribution is 6.44. The lowest BCUT2D eigenvalue weighted by Gasteiger charge is -1.97. The summed E-state index contributed by atoms with van der Waals surface area (Å²) >= 11 is 5.73. The Morgan fingerprint density at radius 1 is 1.43 bits per heavy atom. The number of aliphatic imine (C=N–C) groups is 1. The van der Waals surface area contributed by atoms with E-state index in [0.29, 0.717) is 10.7 Å². The first-order valence-corrected chi connectivity index (χ1v) is 4.51. The maximum absolute atomic E-state index is 11.0. The van der Waals surface area contributed by atoms with Crippen LogP contribution in [0.2, 0.25) is 5.02 Å². The van der Waals surface area contributed by atoms with Gasteiger partial charge in [0.1, 0.15) is 6.04 Å². The lowest BCUT2D eigenvalue weighted by atomic mass is 10.1. The zero-order valence-electron chi connectivity index (χ0n) is 7.53.